The highest BCUT2D eigenvalue weighted by Gasteiger charge is 2.08. The van der Waals surface area contributed by atoms with Gasteiger partial charge < -0.3 is 9.88 Å². The molecule has 2 rings (SSSR count). The van der Waals surface area contributed by atoms with Crippen LogP contribution in [0.25, 0.3) is 5.69 Å². The van der Waals surface area contributed by atoms with Crippen LogP contribution in [0.15, 0.2) is 36.9 Å². The molecule has 0 atom stereocenters. The highest BCUT2D eigenvalue weighted by Crippen LogP contribution is 2.28. The van der Waals surface area contributed by atoms with Gasteiger partial charge in [-0.05, 0) is 18.1 Å². The Balaban J connectivity index is 2.35. The SMILES string of the molecule is CC(C)CNc1cccc(Cl)c1-n1ccnc1. The molecule has 0 radical (unpaired) electrons. The molecule has 2 aromatic rings. The molecule has 17 heavy (non-hydrogen) atoms. The van der Waals surface area contributed by atoms with Gasteiger partial charge in [0.2, 0.25) is 0 Å². The van der Waals surface area contributed by atoms with Crippen molar-refractivity contribution >= 4 is 17.3 Å². The topological polar surface area (TPSA) is 29.9 Å². The molecule has 0 amide bonds. The minimum absolute atomic E-state index is 0.588. The lowest BCUT2D eigenvalue weighted by Gasteiger charge is -2.15. The molecule has 0 saturated heterocycles. The summed E-state index contributed by atoms with van der Waals surface area (Å²) < 4.78 is 1.92. The zero-order valence-electron chi connectivity index (χ0n) is 10.0. The van der Waals surface area contributed by atoms with Crippen LogP contribution in [0.4, 0.5) is 5.69 Å². The van der Waals surface area contributed by atoms with Crippen LogP contribution in [0.1, 0.15) is 13.8 Å². The number of nitrogens with one attached hydrogen (secondary N) is 1. The molecule has 0 spiro atoms. The van der Waals surface area contributed by atoms with Gasteiger partial charge in [0.25, 0.3) is 0 Å². The number of imidazole rings is 1. The third-order valence-corrected chi connectivity index (χ3v) is 2.76. The minimum atomic E-state index is 0.588. The van der Waals surface area contributed by atoms with Gasteiger partial charge in [0.05, 0.1) is 22.7 Å². The molecule has 0 aliphatic rings. The van der Waals surface area contributed by atoms with Crippen LogP contribution >= 0.6 is 11.6 Å². The zero-order valence-corrected chi connectivity index (χ0v) is 10.8. The van der Waals surface area contributed by atoms with E-state index in [4.69, 9.17) is 11.6 Å². The highest BCUT2D eigenvalue weighted by molar-refractivity contribution is 6.33. The molecule has 0 bridgehead atoms. The normalized spacial score (nSPS) is 10.8. The van der Waals surface area contributed by atoms with Crippen molar-refractivity contribution in [3.05, 3.63) is 41.9 Å². The van der Waals surface area contributed by atoms with Gasteiger partial charge in [-0.2, -0.15) is 0 Å². The van der Waals surface area contributed by atoms with E-state index in [1.165, 1.54) is 0 Å². The van der Waals surface area contributed by atoms with Crippen LogP contribution in [-0.2, 0) is 0 Å². The lowest BCUT2D eigenvalue weighted by molar-refractivity contribution is 0.688. The molecular formula is C13H16ClN3. The van der Waals surface area contributed by atoms with Crippen molar-refractivity contribution < 1.29 is 0 Å². The maximum Gasteiger partial charge on any atom is 0.0992 e. The second-order valence-corrected chi connectivity index (χ2v) is 4.79. The van der Waals surface area contributed by atoms with E-state index < -0.39 is 0 Å². The van der Waals surface area contributed by atoms with E-state index in [9.17, 15) is 0 Å². The number of halogens is 1. The fraction of sp³-hybridized carbons (Fsp3) is 0.308. The van der Waals surface area contributed by atoms with Crippen molar-refractivity contribution in [2.75, 3.05) is 11.9 Å². The quantitative estimate of drug-likeness (QED) is 0.897. The van der Waals surface area contributed by atoms with Gasteiger partial charge in [0, 0.05) is 18.9 Å². The average molecular weight is 250 g/mol. The van der Waals surface area contributed by atoms with E-state index in [0.717, 1.165) is 22.9 Å². The van der Waals surface area contributed by atoms with Gasteiger partial charge in [0.15, 0.2) is 0 Å². The standard InChI is InChI=1S/C13H16ClN3/c1-10(2)8-16-12-5-3-4-11(14)13(12)17-7-6-15-9-17/h3-7,9-10,16H,8H2,1-2H3. The molecule has 0 unspecified atom stereocenters. The lowest BCUT2D eigenvalue weighted by atomic mass is 10.2. The monoisotopic (exact) mass is 249 g/mol. The summed E-state index contributed by atoms with van der Waals surface area (Å²) in [4.78, 5) is 4.05. The van der Waals surface area contributed by atoms with E-state index in [1.54, 1.807) is 12.5 Å². The van der Waals surface area contributed by atoms with Crippen molar-refractivity contribution in [3.63, 3.8) is 0 Å². The summed E-state index contributed by atoms with van der Waals surface area (Å²) in [6.07, 6.45) is 5.39. The first kappa shape index (κ1) is 12.0. The number of anilines is 1. The first-order valence-corrected chi connectivity index (χ1v) is 6.07. The van der Waals surface area contributed by atoms with Crippen molar-refractivity contribution in [2.24, 2.45) is 5.92 Å². The van der Waals surface area contributed by atoms with Crippen LogP contribution in [0.2, 0.25) is 5.02 Å². The van der Waals surface area contributed by atoms with Gasteiger partial charge in [0.1, 0.15) is 0 Å². The van der Waals surface area contributed by atoms with E-state index in [1.807, 2.05) is 29.0 Å². The molecule has 90 valence electrons. The van der Waals surface area contributed by atoms with Crippen molar-refractivity contribution in [2.45, 2.75) is 13.8 Å². The Bertz CT molecular complexity index is 477. The number of para-hydroxylation sites is 1. The molecule has 4 heteroatoms. The van der Waals surface area contributed by atoms with Gasteiger partial charge in [-0.15, -0.1) is 0 Å². The van der Waals surface area contributed by atoms with Crippen LogP contribution in [0.5, 0.6) is 0 Å². The molecule has 1 N–H and O–H groups in total. The highest BCUT2D eigenvalue weighted by atomic mass is 35.5. The van der Waals surface area contributed by atoms with Gasteiger partial charge in [-0.3, -0.25) is 0 Å². The summed E-state index contributed by atoms with van der Waals surface area (Å²) in [5.41, 5.74) is 1.98. The largest absolute Gasteiger partial charge is 0.383 e. The van der Waals surface area contributed by atoms with Crippen molar-refractivity contribution in [1.82, 2.24) is 9.55 Å². The molecule has 0 aliphatic heterocycles. The Morgan fingerprint density at radius 3 is 2.88 bits per heavy atom. The van der Waals surface area contributed by atoms with Gasteiger partial charge >= 0.3 is 0 Å². The summed E-state index contributed by atoms with van der Waals surface area (Å²) in [7, 11) is 0. The van der Waals surface area contributed by atoms with Gasteiger partial charge in [-0.25, -0.2) is 4.98 Å². The maximum atomic E-state index is 6.25. The van der Waals surface area contributed by atoms with Crippen LogP contribution in [-0.4, -0.2) is 16.1 Å². The Morgan fingerprint density at radius 1 is 1.41 bits per heavy atom. The smallest absolute Gasteiger partial charge is 0.0992 e. The van der Waals surface area contributed by atoms with Crippen molar-refractivity contribution in [1.29, 1.82) is 0 Å². The molecule has 3 nitrogen and oxygen atoms in total. The summed E-state index contributed by atoms with van der Waals surface area (Å²) >= 11 is 6.25. The first-order valence-electron chi connectivity index (χ1n) is 5.69. The first-order chi connectivity index (χ1) is 8.18. The molecule has 1 heterocycles. The Kier molecular flexibility index (Phi) is 3.69. The van der Waals surface area contributed by atoms with E-state index >= 15 is 0 Å². The second kappa shape index (κ2) is 5.23. The number of hydrogen-bond acceptors (Lipinski definition) is 2. The summed E-state index contributed by atoms with van der Waals surface area (Å²) in [5.74, 6) is 0.588. The molecule has 0 aliphatic carbocycles. The predicted molar refractivity (Wildman–Crippen MR) is 71.9 cm³/mol. The lowest BCUT2D eigenvalue weighted by Crippen LogP contribution is -2.10. The van der Waals surface area contributed by atoms with Gasteiger partial charge in [-0.1, -0.05) is 31.5 Å². The minimum Gasteiger partial charge on any atom is -0.383 e. The zero-order chi connectivity index (χ0) is 12.3. The fourth-order valence-electron chi connectivity index (χ4n) is 1.63. The molecule has 0 fully saturated rings. The molecule has 1 aromatic heterocycles. The number of aromatic nitrogens is 2. The van der Waals surface area contributed by atoms with Crippen LogP contribution in [0, 0.1) is 5.92 Å². The van der Waals surface area contributed by atoms with E-state index in [2.05, 4.69) is 24.1 Å². The summed E-state index contributed by atoms with van der Waals surface area (Å²) in [6, 6.07) is 5.87. The number of nitrogens with zero attached hydrogens (tertiary/aromatic N) is 2. The van der Waals surface area contributed by atoms with Crippen molar-refractivity contribution in [3.8, 4) is 5.69 Å². The molecular weight excluding hydrogens is 234 g/mol. The third kappa shape index (κ3) is 2.80. The van der Waals surface area contributed by atoms with E-state index in [-0.39, 0.29) is 0 Å². The number of hydrogen-bond donors (Lipinski definition) is 1. The summed E-state index contributed by atoms with van der Waals surface area (Å²) in [6.45, 7) is 5.27. The molecule has 1 aromatic carbocycles. The average Bonchev–Trinajstić information content (AvgIpc) is 2.79. The molecule has 0 saturated carbocycles. The number of benzene rings is 1. The Hall–Kier alpha value is -1.48. The maximum absolute atomic E-state index is 6.25. The van der Waals surface area contributed by atoms with Crippen LogP contribution in [0.3, 0.4) is 0 Å². The summed E-state index contributed by atoms with van der Waals surface area (Å²) in [5, 5.41) is 4.13. The third-order valence-electron chi connectivity index (χ3n) is 2.45. The van der Waals surface area contributed by atoms with E-state index in [0.29, 0.717) is 5.92 Å². The Labute approximate surface area is 106 Å². The number of rotatable bonds is 4. The second-order valence-electron chi connectivity index (χ2n) is 4.38. The van der Waals surface area contributed by atoms with Crippen LogP contribution < -0.4 is 5.32 Å². The predicted octanol–water partition coefficient (Wildman–Crippen LogP) is 3.59. The fourth-order valence-corrected chi connectivity index (χ4v) is 1.90. The Morgan fingerprint density at radius 2 is 2.24 bits per heavy atom.